The van der Waals surface area contributed by atoms with Crippen LogP contribution in [0.5, 0.6) is 0 Å². The van der Waals surface area contributed by atoms with Crippen molar-refractivity contribution < 1.29 is 14.3 Å². The van der Waals surface area contributed by atoms with Gasteiger partial charge < -0.3 is 10.4 Å². The maximum Gasteiger partial charge on any atom is 0.254 e. The summed E-state index contributed by atoms with van der Waals surface area (Å²) in [6, 6.07) is 1.39. The van der Waals surface area contributed by atoms with E-state index in [1.807, 2.05) is 0 Å². The lowest BCUT2D eigenvalue weighted by atomic mass is 9.93. The van der Waals surface area contributed by atoms with Gasteiger partial charge in [-0.3, -0.25) is 9.78 Å². The van der Waals surface area contributed by atoms with E-state index in [-0.39, 0.29) is 17.7 Å². The number of pyridine rings is 1. The lowest BCUT2D eigenvalue weighted by Gasteiger charge is -2.26. The molecule has 1 saturated carbocycles. The minimum absolute atomic E-state index is 0.0196. The minimum atomic E-state index is -0.610. The van der Waals surface area contributed by atoms with Crippen molar-refractivity contribution >= 4 is 5.91 Å². The van der Waals surface area contributed by atoms with Gasteiger partial charge in [-0.1, -0.05) is 0 Å². The normalized spacial score (nSPS) is 24.4. The number of rotatable bonds is 2. The molecule has 1 aliphatic rings. The number of aliphatic hydroxyl groups is 1. The summed E-state index contributed by atoms with van der Waals surface area (Å²) in [6.07, 6.45) is 5.00. The molecule has 0 radical (unpaired) electrons. The summed E-state index contributed by atoms with van der Waals surface area (Å²) in [5.41, 5.74) is 0.0196. The molecule has 0 spiro atoms. The van der Waals surface area contributed by atoms with Crippen LogP contribution in [0.1, 0.15) is 36.0 Å². The Morgan fingerprint density at radius 1 is 1.41 bits per heavy atom. The van der Waals surface area contributed by atoms with Crippen LogP contribution in [0.2, 0.25) is 0 Å². The number of halogens is 1. The third kappa shape index (κ3) is 3.00. The molecule has 0 atom stereocenters. The Hall–Kier alpha value is -1.49. The summed E-state index contributed by atoms with van der Waals surface area (Å²) in [6.45, 7) is 0. The topological polar surface area (TPSA) is 62.2 Å². The third-order valence-electron chi connectivity index (χ3n) is 3.05. The number of carbonyl (C=O) groups excluding carboxylic acids is 1. The molecule has 0 saturated heterocycles. The van der Waals surface area contributed by atoms with E-state index < -0.39 is 11.7 Å². The molecule has 0 aromatic carbocycles. The van der Waals surface area contributed by atoms with Crippen molar-refractivity contribution in [2.75, 3.05) is 0 Å². The summed E-state index contributed by atoms with van der Waals surface area (Å²) in [5, 5.41) is 12.1. The first-order chi connectivity index (χ1) is 8.16. The van der Waals surface area contributed by atoms with Gasteiger partial charge in [-0.2, -0.15) is 0 Å². The van der Waals surface area contributed by atoms with Gasteiger partial charge >= 0.3 is 0 Å². The van der Waals surface area contributed by atoms with E-state index >= 15 is 0 Å². The highest BCUT2D eigenvalue weighted by Gasteiger charge is 2.22. The zero-order valence-electron chi connectivity index (χ0n) is 9.40. The van der Waals surface area contributed by atoms with Gasteiger partial charge in [0, 0.05) is 12.2 Å². The van der Waals surface area contributed by atoms with E-state index in [1.165, 1.54) is 12.3 Å². The van der Waals surface area contributed by atoms with Crippen molar-refractivity contribution in [1.29, 1.82) is 0 Å². The summed E-state index contributed by atoms with van der Waals surface area (Å²) in [7, 11) is 0. The maximum absolute atomic E-state index is 13.3. The maximum atomic E-state index is 13.3. The first-order valence-electron chi connectivity index (χ1n) is 5.75. The largest absolute Gasteiger partial charge is 0.393 e. The quantitative estimate of drug-likeness (QED) is 0.815. The van der Waals surface area contributed by atoms with Crippen molar-refractivity contribution in [3.8, 4) is 0 Å². The molecule has 1 aromatic rings. The predicted octanol–water partition coefficient (Wildman–Crippen LogP) is 1.25. The second-order valence-electron chi connectivity index (χ2n) is 4.33. The average molecular weight is 238 g/mol. The summed E-state index contributed by atoms with van der Waals surface area (Å²) < 4.78 is 13.3. The third-order valence-corrected chi connectivity index (χ3v) is 3.05. The molecule has 1 aliphatic carbocycles. The summed E-state index contributed by atoms with van der Waals surface area (Å²) >= 11 is 0. The molecule has 5 heteroatoms. The van der Waals surface area contributed by atoms with E-state index in [1.54, 1.807) is 0 Å². The van der Waals surface area contributed by atoms with Gasteiger partial charge in [-0.05, 0) is 31.7 Å². The molecule has 1 fully saturated rings. The van der Waals surface area contributed by atoms with E-state index in [2.05, 4.69) is 10.3 Å². The fourth-order valence-corrected chi connectivity index (χ4v) is 2.04. The molecular weight excluding hydrogens is 223 g/mol. The highest BCUT2D eigenvalue weighted by atomic mass is 19.1. The molecule has 17 heavy (non-hydrogen) atoms. The zero-order chi connectivity index (χ0) is 12.3. The van der Waals surface area contributed by atoms with Crippen molar-refractivity contribution in [1.82, 2.24) is 10.3 Å². The molecular formula is C12H15FN2O2. The molecule has 4 nitrogen and oxygen atoms in total. The first kappa shape index (κ1) is 12.0. The van der Waals surface area contributed by atoms with E-state index in [0.29, 0.717) is 12.8 Å². The lowest BCUT2D eigenvalue weighted by Crippen LogP contribution is -2.38. The van der Waals surface area contributed by atoms with Crippen LogP contribution in [0.25, 0.3) is 0 Å². The lowest BCUT2D eigenvalue weighted by molar-refractivity contribution is 0.0864. The van der Waals surface area contributed by atoms with E-state index in [9.17, 15) is 14.3 Å². The molecule has 92 valence electrons. The van der Waals surface area contributed by atoms with Crippen LogP contribution in [0.3, 0.4) is 0 Å². The zero-order valence-corrected chi connectivity index (χ0v) is 9.40. The van der Waals surface area contributed by atoms with Crippen LogP contribution in [0.4, 0.5) is 4.39 Å². The van der Waals surface area contributed by atoms with Gasteiger partial charge in [0.15, 0.2) is 5.82 Å². The smallest absolute Gasteiger partial charge is 0.254 e. The second-order valence-corrected chi connectivity index (χ2v) is 4.33. The molecule has 0 aliphatic heterocycles. The van der Waals surface area contributed by atoms with Crippen LogP contribution in [-0.4, -0.2) is 28.1 Å². The molecule has 2 rings (SSSR count). The summed E-state index contributed by atoms with van der Waals surface area (Å²) in [4.78, 5) is 15.4. The van der Waals surface area contributed by atoms with Crippen LogP contribution >= 0.6 is 0 Å². The van der Waals surface area contributed by atoms with Crippen LogP contribution < -0.4 is 5.32 Å². The van der Waals surface area contributed by atoms with Crippen LogP contribution in [0.15, 0.2) is 18.5 Å². The van der Waals surface area contributed by atoms with Gasteiger partial charge in [-0.25, -0.2) is 4.39 Å². The number of nitrogens with zero attached hydrogens (tertiary/aromatic N) is 1. The highest BCUT2D eigenvalue weighted by molar-refractivity contribution is 5.94. The van der Waals surface area contributed by atoms with Crippen molar-refractivity contribution in [3.63, 3.8) is 0 Å². The van der Waals surface area contributed by atoms with Crippen molar-refractivity contribution in [2.45, 2.75) is 37.8 Å². The fourth-order valence-electron chi connectivity index (χ4n) is 2.04. The number of carbonyl (C=O) groups is 1. The van der Waals surface area contributed by atoms with E-state index in [4.69, 9.17) is 0 Å². The van der Waals surface area contributed by atoms with Crippen molar-refractivity contribution in [3.05, 3.63) is 29.8 Å². The van der Waals surface area contributed by atoms with E-state index in [0.717, 1.165) is 19.0 Å². The minimum Gasteiger partial charge on any atom is -0.393 e. The van der Waals surface area contributed by atoms with Gasteiger partial charge in [0.1, 0.15) is 0 Å². The number of amides is 1. The second kappa shape index (κ2) is 5.23. The number of hydrogen-bond acceptors (Lipinski definition) is 3. The number of hydrogen-bond donors (Lipinski definition) is 2. The van der Waals surface area contributed by atoms with Gasteiger partial charge in [0.25, 0.3) is 5.91 Å². The molecule has 1 aromatic heterocycles. The first-order valence-corrected chi connectivity index (χ1v) is 5.75. The Morgan fingerprint density at radius 2 is 2.12 bits per heavy atom. The highest BCUT2D eigenvalue weighted by Crippen LogP contribution is 2.18. The Labute approximate surface area is 98.9 Å². The fraction of sp³-hybridized carbons (Fsp3) is 0.500. The van der Waals surface area contributed by atoms with Crippen molar-refractivity contribution in [2.24, 2.45) is 0 Å². The number of aliphatic hydroxyl groups excluding tert-OH is 1. The van der Waals surface area contributed by atoms with Crippen LogP contribution in [0, 0.1) is 5.82 Å². The average Bonchev–Trinajstić information content (AvgIpc) is 2.32. The SMILES string of the molecule is O=C(NC1CCC(O)CC1)c1ccncc1F. The molecule has 0 unspecified atom stereocenters. The number of nitrogens with one attached hydrogen (secondary N) is 1. The molecule has 0 bridgehead atoms. The monoisotopic (exact) mass is 238 g/mol. The summed E-state index contributed by atoms with van der Waals surface area (Å²) in [5.74, 6) is -1.02. The van der Waals surface area contributed by atoms with Gasteiger partial charge in [-0.15, -0.1) is 0 Å². The Kier molecular flexibility index (Phi) is 3.68. The Balaban J connectivity index is 1.96. The van der Waals surface area contributed by atoms with Crippen LogP contribution in [-0.2, 0) is 0 Å². The Morgan fingerprint density at radius 3 is 2.76 bits per heavy atom. The number of aromatic nitrogens is 1. The molecule has 1 amide bonds. The predicted molar refractivity (Wildman–Crippen MR) is 59.9 cm³/mol. The van der Waals surface area contributed by atoms with Gasteiger partial charge in [0.2, 0.25) is 0 Å². The standard InChI is InChI=1S/C12H15FN2O2/c13-11-7-14-6-5-10(11)12(17)15-8-1-3-9(16)4-2-8/h5-9,16H,1-4H2,(H,15,17). The van der Waals surface area contributed by atoms with Gasteiger partial charge in [0.05, 0.1) is 17.9 Å². The Bertz CT molecular complexity index is 403. The molecule has 1 heterocycles. The molecule has 2 N–H and O–H groups in total.